The van der Waals surface area contributed by atoms with Crippen LogP contribution in [0.15, 0.2) is 24.3 Å². The summed E-state index contributed by atoms with van der Waals surface area (Å²) in [5.41, 5.74) is 8.41. The highest BCUT2D eigenvalue weighted by Gasteiger charge is 2.16. The Balaban J connectivity index is 2.57. The van der Waals surface area contributed by atoms with E-state index in [1.165, 1.54) is 11.1 Å². The third-order valence-electron chi connectivity index (χ3n) is 2.41. The van der Waals surface area contributed by atoms with E-state index in [0.29, 0.717) is 0 Å². The minimum Gasteiger partial charge on any atom is -0.354 e. The van der Waals surface area contributed by atoms with Gasteiger partial charge in [0, 0.05) is 14.2 Å². The van der Waals surface area contributed by atoms with E-state index in [-0.39, 0.29) is 12.3 Å². The Bertz CT molecular complexity index is 280. The molecule has 0 aromatic heterocycles. The van der Waals surface area contributed by atoms with E-state index in [9.17, 15) is 0 Å². The molecule has 0 radical (unpaired) electrons. The van der Waals surface area contributed by atoms with Crippen LogP contribution in [0.25, 0.3) is 0 Å². The van der Waals surface area contributed by atoms with Gasteiger partial charge in [0.05, 0.1) is 6.04 Å². The molecule has 3 heteroatoms. The standard InChI is InChI=1S/C12H19NO2/c1-9-4-6-10(7-5-9)8-11(13)12(14-2)15-3/h4-7,11-12H,8,13H2,1-3H3/t11-/m0/s1. The van der Waals surface area contributed by atoms with Crippen LogP contribution in [-0.4, -0.2) is 26.6 Å². The molecule has 15 heavy (non-hydrogen) atoms. The molecule has 1 aromatic carbocycles. The summed E-state index contributed by atoms with van der Waals surface area (Å²) in [5.74, 6) is 0. The zero-order chi connectivity index (χ0) is 11.3. The summed E-state index contributed by atoms with van der Waals surface area (Å²) in [4.78, 5) is 0. The highest BCUT2D eigenvalue weighted by molar-refractivity contribution is 5.22. The van der Waals surface area contributed by atoms with Gasteiger partial charge in [-0.2, -0.15) is 0 Å². The fraction of sp³-hybridized carbons (Fsp3) is 0.500. The van der Waals surface area contributed by atoms with E-state index in [1.807, 2.05) is 0 Å². The lowest BCUT2D eigenvalue weighted by Crippen LogP contribution is -2.39. The van der Waals surface area contributed by atoms with Crippen molar-refractivity contribution >= 4 is 0 Å². The number of hydrogen-bond donors (Lipinski definition) is 1. The number of rotatable bonds is 5. The van der Waals surface area contributed by atoms with Crippen LogP contribution < -0.4 is 5.73 Å². The van der Waals surface area contributed by atoms with Crippen LogP contribution in [0.4, 0.5) is 0 Å². The second-order valence-electron chi connectivity index (χ2n) is 3.69. The second-order valence-corrected chi connectivity index (χ2v) is 3.69. The molecule has 0 saturated heterocycles. The summed E-state index contributed by atoms with van der Waals surface area (Å²) in [7, 11) is 3.20. The maximum absolute atomic E-state index is 5.96. The fourth-order valence-corrected chi connectivity index (χ4v) is 1.54. The zero-order valence-corrected chi connectivity index (χ0v) is 9.57. The Morgan fingerprint density at radius 1 is 1.13 bits per heavy atom. The predicted octanol–water partition coefficient (Wildman–Crippen LogP) is 1.48. The largest absolute Gasteiger partial charge is 0.354 e. The van der Waals surface area contributed by atoms with Crippen molar-refractivity contribution in [3.05, 3.63) is 35.4 Å². The summed E-state index contributed by atoms with van der Waals surface area (Å²) in [6.07, 6.45) is 0.415. The van der Waals surface area contributed by atoms with Crippen molar-refractivity contribution in [1.82, 2.24) is 0 Å². The SMILES string of the molecule is COC(OC)[C@@H](N)Cc1ccc(C)cc1. The highest BCUT2D eigenvalue weighted by atomic mass is 16.7. The van der Waals surface area contributed by atoms with Crippen LogP contribution in [-0.2, 0) is 15.9 Å². The monoisotopic (exact) mass is 209 g/mol. The molecule has 0 unspecified atom stereocenters. The molecule has 0 spiro atoms. The molecule has 1 aromatic rings. The summed E-state index contributed by atoms with van der Waals surface area (Å²) in [6, 6.07) is 8.19. The normalized spacial score (nSPS) is 13.1. The van der Waals surface area contributed by atoms with Gasteiger partial charge in [-0.05, 0) is 18.9 Å². The molecular formula is C12H19NO2. The number of aryl methyl sites for hydroxylation is 1. The van der Waals surface area contributed by atoms with E-state index in [2.05, 4.69) is 31.2 Å². The first-order valence-electron chi connectivity index (χ1n) is 5.04. The Hall–Kier alpha value is -0.900. The lowest BCUT2D eigenvalue weighted by molar-refractivity contribution is -0.115. The molecule has 0 fully saturated rings. The number of nitrogens with two attached hydrogens (primary N) is 1. The lowest BCUT2D eigenvalue weighted by Gasteiger charge is -2.20. The molecule has 0 aliphatic rings. The van der Waals surface area contributed by atoms with Crippen LogP contribution in [0.3, 0.4) is 0 Å². The van der Waals surface area contributed by atoms with Gasteiger partial charge in [0.25, 0.3) is 0 Å². The van der Waals surface area contributed by atoms with Crippen LogP contribution in [0, 0.1) is 6.92 Å². The molecule has 1 rings (SSSR count). The number of benzene rings is 1. The van der Waals surface area contributed by atoms with Gasteiger partial charge in [-0.3, -0.25) is 0 Å². The molecule has 84 valence electrons. The minimum atomic E-state index is -0.341. The van der Waals surface area contributed by atoms with Crippen LogP contribution in [0.2, 0.25) is 0 Å². The van der Waals surface area contributed by atoms with Gasteiger partial charge in [0.2, 0.25) is 0 Å². The molecule has 0 aliphatic heterocycles. The number of ether oxygens (including phenoxy) is 2. The van der Waals surface area contributed by atoms with Crippen molar-refractivity contribution in [1.29, 1.82) is 0 Å². The highest BCUT2D eigenvalue weighted by Crippen LogP contribution is 2.08. The molecule has 3 nitrogen and oxygen atoms in total. The second kappa shape index (κ2) is 5.85. The molecule has 0 bridgehead atoms. The molecule has 0 amide bonds. The number of hydrogen-bond acceptors (Lipinski definition) is 3. The van der Waals surface area contributed by atoms with Crippen molar-refractivity contribution in [3.8, 4) is 0 Å². The van der Waals surface area contributed by atoms with Gasteiger partial charge in [-0.25, -0.2) is 0 Å². The summed E-state index contributed by atoms with van der Waals surface area (Å²) in [6.45, 7) is 2.07. The van der Waals surface area contributed by atoms with Crippen LogP contribution in [0.1, 0.15) is 11.1 Å². The van der Waals surface area contributed by atoms with Crippen molar-refractivity contribution in [3.63, 3.8) is 0 Å². The molecular weight excluding hydrogens is 190 g/mol. The maximum atomic E-state index is 5.96. The summed E-state index contributed by atoms with van der Waals surface area (Å²) < 4.78 is 10.2. The first kappa shape index (κ1) is 12.2. The zero-order valence-electron chi connectivity index (χ0n) is 9.57. The van der Waals surface area contributed by atoms with Gasteiger partial charge in [0.15, 0.2) is 6.29 Å². The van der Waals surface area contributed by atoms with E-state index in [0.717, 1.165) is 6.42 Å². The average molecular weight is 209 g/mol. The maximum Gasteiger partial charge on any atom is 0.172 e. The Morgan fingerprint density at radius 2 is 1.67 bits per heavy atom. The summed E-state index contributed by atoms with van der Waals surface area (Å²) >= 11 is 0. The van der Waals surface area contributed by atoms with Crippen LogP contribution >= 0.6 is 0 Å². The van der Waals surface area contributed by atoms with E-state index < -0.39 is 0 Å². The fourth-order valence-electron chi connectivity index (χ4n) is 1.54. The van der Waals surface area contributed by atoms with Crippen molar-refractivity contribution in [2.75, 3.05) is 14.2 Å². The Kier molecular flexibility index (Phi) is 4.75. The minimum absolute atomic E-state index is 0.136. The topological polar surface area (TPSA) is 44.5 Å². The predicted molar refractivity (Wildman–Crippen MR) is 60.7 cm³/mol. The molecule has 1 atom stereocenters. The van der Waals surface area contributed by atoms with Gasteiger partial charge in [-0.1, -0.05) is 29.8 Å². The molecule has 0 aliphatic carbocycles. The van der Waals surface area contributed by atoms with Gasteiger partial charge >= 0.3 is 0 Å². The molecule has 0 heterocycles. The van der Waals surface area contributed by atoms with Gasteiger partial charge in [0.1, 0.15) is 0 Å². The van der Waals surface area contributed by atoms with Crippen molar-refractivity contribution in [2.45, 2.75) is 25.7 Å². The van der Waals surface area contributed by atoms with E-state index >= 15 is 0 Å². The van der Waals surface area contributed by atoms with E-state index in [1.54, 1.807) is 14.2 Å². The third-order valence-corrected chi connectivity index (χ3v) is 2.41. The first-order chi connectivity index (χ1) is 7.17. The van der Waals surface area contributed by atoms with Crippen molar-refractivity contribution in [2.24, 2.45) is 5.73 Å². The smallest absolute Gasteiger partial charge is 0.172 e. The van der Waals surface area contributed by atoms with Gasteiger partial charge < -0.3 is 15.2 Å². The number of methoxy groups -OCH3 is 2. The van der Waals surface area contributed by atoms with Crippen LogP contribution in [0.5, 0.6) is 0 Å². The first-order valence-corrected chi connectivity index (χ1v) is 5.04. The quantitative estimate of drug-likeness (QED) is 0.747. The average Bonchev–Trinajstić information content (AvgIpc) is 2.23. The van der Waals surface area contributed by atoms with E-state index in [4.69, 9.17) is 15.2 Å². The Morgan fingerprint density at radius 3 is 2.13 bits per heavy atom. The lowest BCUT2D eigenvalue weighted by atomic mass is 10.0. The molecule has 0 saturated carbocycles. The molecule has 2 N–H and O–H groups in total. The van der Waals surface area contributed by atoms with Crippen molar-refractivity contribution < 1.29 is 9.47 Å². The van der Waals surface area contributed by atoms with Gasteiger partial charge in [-0.15, -0.1) is 0 Å². The third kappa shape index (κ3) is 3.63. The summed E-state index contributed by atoms with van der Waals surface area (Å²) in [5, 5.41) is 0. The Labute approximate surface area is 91.2 Å².